The summed E-state index contributed by atoms with van der Waals surface area (Å²) in [6.07, 6.45) is 1.72. The van der Waals surface area contributed by atoms with Crippen molar-refractivity contribution in [2.45, 2.75) is 45.7 Å². The van der Waals surface area contributed by atoms with E-state index in [-0.39, 0.29) is 43.4 Å². The van der Waals surface area contributed by atoms with Crippen molar-refractivity contribution in [2.75, 3.05) is 23.7 Å². The fourth-order valence-corrected chi connectivity index (χ4v) is 4.62. The number of benzene rings is 2. The minimum absolute atomic E-state index is 0.0399. The standard InChI is InChI=1S/C24H30ClF2N3O4S/c1-4-12-28-24(32)17(2)29(16-18-7-5-8-19(25)14-18)23(31)9-6-13-30(35(3,33)34)20-10-11-21(26)22(27)15-20/h5,7-8,10-11,14-15,17H,4,6,9,12-13,16H2,1-3H3,(H,28,32)/t17-/m0/s1. The van der Waals surface area contributed by atoms with Gasteiger partial charge >= 0.3 is 0 Å². The Morgan fingerprint density at radius 3 is 2.43 bits per heavy atom. The Hall–Kier alpha value is -2.72. The van der Waals surface area contributed by atoms with Gasteiger partial charge in [0.2, 0.25) is 21.8 Å². The van der Waals surface area contributed by atoms with E-state index in [9.17, 15) is 26.8 Å². The highest BCUT2D eigenvalue weighted by molar-refractivity contribution is 7.92. The molecule has 192 valence electrons. The molecule has 11 heteroatoms. The molecule has 0 spiro atoms. The molecular formula is C24H30ClF2N3O4S. The van der Waals surface area contributed by atoms with Crippen LogP contribution in [-0.4, -0.2) is 50.5 Å². The summed E-state index contributed by atoms with van der Waals surface area (Å²) in [6.45, 7) is 4.02. The Balaban J connectivity index is 2.17. The number of hydrogen-bond donors (Lipinski definition) is 1. The van der Waals surface area contributed by atoms with Crippen molar-refractivity contribution >= 4 is 39.1 Å². The van der Waals surface area contributed by atoms with Gasteiger partial charge in [-0.2, -0.15) is 0 Å². The monoisotopic (exact) mass is 529 g/mol. The average Bonchev–Trinajstić information content (AvgIpc) is 2.79. The smallest absolute Gasteiger partial charge is 0.242 e. The number of anilines is 1. The van der Waals surface area contributed by atoms with E-state index in [0.717, 1.165) is 40.7 Å². The van der Waals surface area contributed by atoms with Gasteiger partial charge in [0.05, 0.1) is 11.9 Å². The van der Waals surface area contributed by atoms with Crippen LogP contribution in [0.2, 0.25) is 5.02 Å². The molecule has 0 radical (unpaired) electrons. The maximum atomic E-state index is 13.7. The number of nitrogens with zero attached hydrogens (tertiary/aromatic N) is 2. The van der Waals surface area contributed by atoms with Gasteiger partial charge in [-0.05, 0) is 49.6 Å². The summed E-state index contributed by atoms with van der Waals surface area (Å²) >= 11 is 6.06. The minimum atomic E-state index is -3.82. The van der Waals surface area contributed by atoms with Crippen molar-refractivity contribution < 1.29 is 26.8 Å². The van der Waals surface area contributed by atoms with E-state index < -0.39 is 27.7 Å². The molecule has 0 saturated carbocycles. The highest BCUT2D eigenvalue weighted by atomic mass is 35.5. The van der Waals surface area contributed by atoms with E-state index >= 15 is 0 Å². The van der Waals surface area contributed by atoms with Crippen LogP contribution >= 0.6 is 11.6 Å². The van der Waals surface area contributed by atoms with Crippen LogP contribution in [-0.2, 0) is 26.2 Å². The van der Waals surface area contributed by atoms with Gasteiger partial charge < -0.3 is 10.2 Å². The van der Waals surface area contributed by atoms with Crippen LogP contribution in [0.3, 0.4) is 0 Å². The zero-order chi connectivity index (χ0) is 26.2. The molecule has 0 saturated heterocycles. The van der Waals surface area contributed by atoms with Crippen molar-refractivity contribution in [3.8, 4) is 0 Å². The van der Waals surface area contributed by atoms with Crippen LogP contribution in [0.15, 0.2) is 42.5 Å². The number of carbonyl (C=O) groups excluding carboxylic acids is 2. The topological polar surface area (TPSA) is 86.8 Å². The molecule has 0 bridgehead atoms. The van der Waals surface area contributed by atoms with E-state index in [0.29, 0.717) is 11.6 Å². The lowest BCUT2D eigenvalue weighted by Crippen LogP contribution is -2.47. The Kier molecular flexibility index (Phi) is 10.5. The lowest BCUT2D eigenvalue weighted by Gasteiger charge is -2.29. The van der Waals surface area contributed by atoms with Gasteiger partial charge in [0.25, 0.3) is 0 Å². The zero-order valence-corrected chi connectivity index (χ0v) is 21.5. The number of amides is 2. The molecule has 2 aromatic carbocycles. The molecule has 0 aliphatic carbocycles. The molecule has 35 heavy (non-hydrogen) atoms. The van der Waals surface area contributed by atoms with Crippen LogP contribution in [0.1, 0.15) is 38.7 Å². The van der Waals surface area contributed by atoms with Crippen molar-refractivity contribution in [3.63, 3.8) is 0 Å². The number of carbonyl (C=O) groups is 2. The van der Waals surface area contributed by atoms with Crippen molar-refractivity contribution in [2.24, 2.45) is 0 Å². The second-order valence-electron chi connectivity index (χ2n) is 8.16. The van der Waals surface area contributed by atoms with E-state index in [4.69, 9.17) is 11.6 Å². The summed E-state index contributed by atoms with van der Waals surface area (Å²) in [6, 6.07) is 8.96. The van der Waals surface area contributed by atoms with Gasteiger partial charge in [0, 0.05) is 37.1 Å². The summed E-state index contributed by atoms with van der Waals surface area (Å²) in [5.74, 6) is -2.93. The summed E-state index contributed by atoms with van der Waals surface area (Å²) in [5.41, 5.74) is 0.697. The summed E-state index contributed by atoms with van der Waals surface area (Å²) in [5, 5.41) is 3.27. The van der Waals surface area contributed by atoms with Crippen LogP contribution in [0.25, 0.3) is 0 Å². The molecular weight excluding hydrogens is 500 g/mol. The maximum absolute atomic E-state index is 13.7. The third kappa shape index (κ3) is 8.47. The van der Waals surface area contributed by atoms with Crippen molar-refractivity contribution in [1.29, 1.82) is 0 Å². The zero-order valence-electron chi connectivity index (χ0n) is 19.9. The molecule has 2 amide bonds. The quantitative estimate of drug-likeness (QED) is 0.448. The van der Waals surface area contributed by atoms with Gasteiger partial charge in [-0.3, -0.25) is 13.9 Å². The maximum Gasteiger partial charge on any atom is 0.242 e. The van der Waals surface area contributed by atoms with Crippen LogP contribution in [0, 0.1) is 11.6 Å². The first-order valence-electron chi connectivity index (χ1n) is 11.2. The Morgan fingerprint density at radius 1 is 1.11 bits per heavy atom. The molecule has 0 aliphatic rings. The SMILES string of the molecule is CCCNC(=O)[C@H](C)N(Cc1cccc(Cl)c1)C(=O)CCCN(c1ccc(F)c(F)c1)S(C)(=O)=O. The Morgan fingerprint density at radius 2 is 1.83 bits per heavy atom. The summed E-state index contributed by atoms with van der Waals surface area (Å²) in [4.78, 5) is 27.1. The predicted molar refractivity (Wildman–Crippen MR) is 133 cm³/mol. The lowest BCUT2D eigenvalue weighted by atomic mass is 10.1. The molecule has 7 nitrogen and oxygen atoms in total. The first-order valence-corrected chi connectivity index (χ1v) is 13.4. The second-order valence-corrected chi connectivity index (χ2v) is 10.5. The molecule has 0 fully saturated rings. The molecule has 0 heterocycles. The number of rotatable bonds is 12. The van der Waals surface area contributed by atoms with Crippen molar-refractivity contribution in [1.82, 2.24) is 10.2 Å². The summed E-state index contributed by atoms with van der Waals surface area (Å²) in [7, 11) is -3.82. The van der Waals surface area contributed by atoms with E-state index in [1.54, 1.807) is 31.2 Å². The van der Waals surface area contributed by atoms with Gasteiger partial charge in [0.1, 0.15) is 6.04 Å². The van der Waals surface area contributed by atoms with Crippen LogP contribution < -0.4 is 9.62 Å². The third-order valence-corrected chi connectivity index (χ3v) is 6.73. The molecule has 0 unspecified atom stereocenters. The van der Waals surface area contributed by atoms with Crippen LogP contribution in [0.5, 0.6) is 0 Å². The molecule has 1 atom stereocenters. The molecule has 2 aromatic rings. The van der Waals surface area contributed by atoms with Crippen molar-refractivity contribution in [3.05, 3.63) is 64.7 Å². The fourth-order valence-electron chi connectivity index (χ4n) is 3.45. The van der Waals surface area contributed by atoms with Gasteiger partial charge in [-0.15, -0.1) is 0 Å². The first kappa shape index (κ1) is 28.5. The number of sulfonamides is 1. The normalized spacial score (nSPS) is 12.2. The predicted octanol–water partition coefficient (Wildman–Crippen LogP) is 4.11. The molecule has 0 aliphatic heterocycles. The number of hydrogen-bond acceptors (Lipinski definition) is 4. The highest BCUT2D eigenvalue weighted by Gasteiger charge is 2.26. The lowest BCUT2D eigenvalue weighted by molar-refractivity contribution is -0.140. The average molecular weight is 530 g/mol. The number of halogens is 3. The number of nitrogens with one attached hydrogen (secondary N) is 1. The molecule has 1 N–H and O–H groups in total. The summed E-state index contributed by atoms with van der Waals surface area (Å²) < 4.78 is 52.4. The van der Waals surface area contributed by atoms with E-state index in [1.165, 1.54) is 4.90 Å². The van der Waals surface area contributed by atoms with Gasteiger partial charge in [0.15, 0.2) is 11.6 Å². The van der Waals surface area contributed by atoms with Gasteiger partial charge in [-0.25, -0.2) is 17.2 Å². The van der Waals surface area contributed by atoms with Gasteiger partial charge in [-0.1, -0.05) is 30.7 Å². The van der Waals surface area contributed by atoms with Crippen LogP contribution in [0.4, 0.5) is 14.5 Å². The largest absolute Gasteiger partial charge is 0.354 e. The third-order valence-electron chi connectivity index (χ3n) is 5.30. The van der Waals surface area contributed by atoms with E-state index in [2.05, 4.69) is 5.32 Å². The Bertz CT molecular complexity index is 1150. The van der Waals surface area contributed by atoms with E-state index in [1.807, 2.05) is 6.92 Å². The minimum Gasteiger partial charge on any atom is -0.354 e. The second kappa shape index (κ2) is 12.8. The first-order chi connectivity index (χ1) is 16.4. The highest BCUT2D eigenvalue weighted by Crippen LogP contribution is 2.22. The molecule has 0 aromatic heterocycles. The Labute approximate surface area is 210 Å². The molecule has 2 rings (SSSR count). The fraction of sp³-hybridized carbons (Fsp3) is 0.417.